The fourth-order valence-electron chi connectivity index (χ4n) is 2.31. The quantitative estimate of drug-likeness (QED) is 0.775. The lowest BCUT2D eigenvalue weighted by Crippen LogP contribution is -2.07. The van der Waals surface area contributed by atoms with E-state index in [0.29, 0.717) is 5.78 Å². The van der Waals surface area contributed by atoms with E-state index in [1.807, 2.05) is 13.8 Å². The minimum atomic E-state index is 0.613. The van der Waals surface area contributed by atoms with Crippen LogP contribution >= 0.6 is 0 Å². The van der Waals surface area contributed by atoms with Crippen molar-refractivity contribution in [3.05, 3.63) is 46.9 Å². The Labute approximate surface area is 117 Å². The van der Waals surface area contributed by atoms with E-state index in [4.69, 9.17) is 0 Å². The van der Waals surface area contributed by atoms with Gasteiger partial charge in [-0.2, -0.15) is 14.6 Å². The van der Waals surface area contributed by atoms with E-state index in [1.165, 1.54) is 17.5 Å². The standard InChI is InChI=1S/C15H17N5/c1-9-6-5-7-10(2)13(9)19-14-11(3)12(4)18-15-16-8-17-20(14)15/h5-8,19H,1-4H3. The number of aryl methyl sites for hydroxylation is 3. The van der Waals surface area contributed by atoms with Crippen LogP contribution in [0.25, 0.3) is 5.78 Å². The molecule has 2 aromatic heterocycles. The van der Waals surface area contributed by atoms with E-state index in [2.05, 4.69) is 52.4 Å². The molecule has 0 saturated carbocycles. The number of para-hydroxylation sites is 1. The van der Waals surface area contributed by atoms with E-state index in [-0.39, 0.29) is 0 Å². The van der Waals surface area contributed by atoms with Crippen LogP contribution in [0.1, 0.15) is 22.4 Å². The summed E-state index contributed by atoms with van der Waals surface area (Å²) in [5.74, 6) is 1.53. The summed E-state index contributed by atoms with van der Waals surface area (Å²) in [4.78, 5) is 8.60. The van der Waals surface area contributed by atoms with Crippen molar-refractivity contribution in [3.63, 3.8) is 0 Å². The molecule has 0 saturated heterocycles. The Kier molecular flexibility index (Phi) is 2.89. The highest BCUT2D eigenvalue weighted by Crippen LogP contribution is 2.27. The summed E-state index contributed by atoms with van der Waals surface area (Å²) in [6.45, 7) is 8.22. The monoisotopic (exact) mass is 267 g/mol. The summed E-state index contributed by atoms with van der Waals surface area (Å²) in [5.41, 5.74) is 5.54. The summed E-state index contributed by atoms with van der Waals surface area (Å²) in [5, 5.41) is 7.76. The van der Waals surface area contributed by atoms with Gasteiger partial charge < -0.3 is 5.32 Å². The molecule has 0 radical (unpaired) electrons. The first-order chi connectivity index (χ1) is 9.58. The average molecular weight is 267 g/mol. The minimum absolute atomic E-state index is 0.613. The zero-order valence-corrected chi connectivity index (χ0v) is 12.1. The molecule has 1 N–H and O–H groups in total. The smallest absolute Gasteiger partial charge is 0.254 e. The van der Waals surface area contributed by atoms with Crippen LogP contribution < -0.4 is 5.32 Å². The predicted molar refractivity (Wildman–Crippen MR) is 79.5 cm³/mol. The van der Waals surface area contributed by atoms with Gasteiger partial charge in [0.05, 0.1) is 0 Å². The molecule has 0 aliphatic heterocycles. The summed E-state index contributed by atoms with van der Waals surface area (Å²) in [6.07, 6.45) is 1.52. The van der Waals surface area contributed by atoms with Crippen molar-refractivity contribution in [2.24, 2.45) is 0 Å². The molecule has 0 spiro atoms. The Hall–Kier alpha value is -2.43. The fourth-order valence-corrected chi connectivity index (χ4v) is 2.31. The van der Waals surface area contributed by atoms with Gasteiger partial charge in [0.2, 0.25) is 0 Å². The van der Waals surface area contributed by atoms with Gasteiger partial charge in [-0.15, -0.1) is 0 Å². The van der Waals surface area contributed by atoms with Gasteiger partial charge in [0.15, 0.2) is 0 Å². The van der Waals surface area contributed by atoms with Crippen molar-refractivity contribution in [2.45, 2.75) is 27.7 Å². The van der Waals surface area contributed by atoms with Gasteiger partial charge in [-0.05, 0) is 38.8 Å². The number of hydrogen-bond acceptors (Lipinski definition) is 4. The number of nitrogens with zero attached hydrogens (tertiary/aromatic N) is 4. The van der Waals surface area contributed by atoms with Gasteiger partial charge in [-0.25, -0.2) is 4.98 Å². The molecule has 0 amide bonds. The van der Waals surface area contributed by atoms with Crippen LogP contribution in [-0.2, 0) is 0 Å². The first kappa shape index (κ1) is 12.6. The highest BCUT2D eigenvalue weighted by molar-refractivity contribution is 5.67. The van der Waals surface area contributed by atoms with Crippen LogP contribution in [0.4, 0.5) is 11.5 Å². The van der Waals surface area contributed by atoms with Gasteiger partial charge in [-0.1, -0.05) is 18.2 Å². The van der Waals surface area contributed by atoms with Gasteiger partial charge in [0, 0.05) is 16.9 Å². The summed E-state index contributed by atoms with van der Waals surface area (Å²) < 4.78 is 1.74. The molecule has 0 bridgehead atoms. The molecule has 20 heavy (non-hydrogen) atoms. The van der Waals surface area contributed by atoms with E-state index in [0.717, 1.165) is 22.8 Å². The third-order valence-corrected chi connectivity index (χ3v) is 3.63. The molecule has 5 heteroatoms. The van der Waals surface area contributed by atoms with E-state index >= 15 is 0 Å². The summed E-state index contributed by atoms with van der Waals surface area (Å²) in [6, 6.07) is 6.25. The lowest BCUT2D eigenvalue weighted by Gasteiger charge is -2.16. The van der Waals surface area contributed by atoms with Crippen molar-refractivity contribution in [1.82, 2.24) is 19.6 Å². The predicted octanol–water partition coefficient (Wildman–Crippen LogP) is 3.10. The molecule has 3 aromatic rings. The lowest BCUT2D eigenvalue weighted by molar-refractivity contribution is 0.922. The number of benzene rings is 1. The van der Waals surface area contributed by atoms with Crippen LogP contribution in [0.2, 0.25) is 0 Å². The summed E-state index contributed by atoms with van der Waals surface area (Å²) in [7, 11) is 0. The van der Waals surface area contributed by atoms with Crippen LogP contribution in [-0.4, -0.2) is 19.6 Å². The Morgan fingerprint density at radius 3 is 2.45 bits per heavy atom. The van der Waals surface area contributed by atoms with E-state index in [9.17, 15) is 0 Å². The number of fused-ring (bicyclic) bond motifs is 1. The molecule has 0 fully saturated rings. The molecule has 102 valence electrons. The van der Waals surface area contributed by atoms with Gasteiger partial charge in [0.25, 0.3) is 5.78 Å². The fraction of sp³-hybridized carbons (Fsp3) is 0.267. The molecule has 5 nitrogen and oxygen atoms in total. The minimum Gasteiger partial charge on any atom is -0.339 e. The van der Waals surface area contributed by atoms with E-state index < -0.39 is 0 Å². The normalized spacial score (nSPS) is 11.0. The third-order valence-electron chi connectivity index (χ3n) is 3.63. The first-order valence-corrected chi connectivity index (χ1v) is 6.58. The van der Waals surface area contributed by atoms with Gasteiger partial charge >= 0.3 is 0 Å². The molecular formula is C15H17N5. The highest BCUT2D eigenvalue weighted by Gasteiger charge is 2.12. The Bertz CT molecular complexity index is 768. The summed E-state index contributed by atoms with van der Waals surface area (Å²) >= 11 is 0. The highest BCUT2D eigenvalue weighted by atomic mass is 15.4. The first-order valence-electron chi connectivity index (χ1n) is 6.58. The van der Waals surface area contributed by atoms with Crippen molar-refractivity contribution < 1.29 is 0 Å². The number of rotatable bonds is 2. The molecule has 0 atom stereocenters. The zero-order valence-electron chi connectivity index (χ0n) is 12.1. The van der Waals surface area contributed by atoms with Gasteiger partial charge in [-0.3, -0.25) is 0 Å². The maximum Gasteiger partial charge on any atom is 0.254 e. The second kappa shape index (κ2) is 4.59. The Morgan fingerprint density at radius 2 is 1.75 bits per heavy atom. The Morgan fingerprint density at radius 1 is 1.05 bits per heavy atom. The molecule has 1 aromatic carbocycles. The number of hydrogen-bond donors (Lipinski definition) is 1. The van der Waals surface area contributed by atoms with Crippen LogP contribution in [0.3, 0.4) is 0 Å². The molecule has 0 unspecified atom stereocenters. The molecule has 0 aliphatic rings. The maximum absolute atomic E-state index is 4.43. The van der Waals surface area contributed by atoms with Crippen molar-refractivity contribution >= 4 is 17.3 Å². The molecular weight excluding hydrogens is 250 g/mol. The van der Waals surface area contributed by atoms with Gasteiger partial charge in [0.1, 0.15) is 12.1 Å². The second-order valence-corrected chi connectivity index (χ2v) is 5.03. The van der Waals surface area contributed by atoms with Crippen LogP contribution in [0, 0.1) is 27.7 Å². The number of nitrogens with one attached hydrogen (secondary N) is 1. The maximum atomic E-state index is 4.43. The number of aromatic nitrogens is 4. The van der Waals surface area contributed by atoms with Crippen molar-refractivity contribution in [1.29, 1.82) is 0 Å². The largest absolute Gasteiger partial charge is 0.339 e. The van der Waals surface area contributed by atoms with Crippen molar-refractivity contribution in [3.8, 4) is 0 Å². The van der Waals surface area contributed by atoms with Crippen LogP contribution in [0.15, 0.2) is 24.5 Å². The van der Waals surface area contributed by atoms with Crippen LogP contribution in [0.5, 0.6) is 0 Å². The molecule has 0 aliphatic carbocycles. The SMILES string of the molecule is Cc1cccc(C)c1Nc1c(C)c(C)nc2ncnn12. The third kappa shape index (κ3) is 1.91. The lowest BCUT2D eigenvalue weighted by atomic mass is 10.1. The Balaban J connectivity index is 2.20. The zero-order chi connectivity index (χ0) is 14.3. The molecule has 3 rings (SSSR count). The van der Waals surface area contributed by atoms with E-state index in [1.54, 1.807) is 4.52 Å². The second-order valence-electron chi connectivity index (χ2n) is 5.03. The number of anilines is 2. The molecule has 2 heterocycles. The average Bonchev–Trinajstić information content (AvgIpc) is 2.85. The van der Waals surface area contributed by atoms with Crippen molar-refractivity contribution in [2.75, 3.05) is 5.32 Å². The topological polar surface area (TPSA) is 55.1 Å².